The molecular weight excluding hydrogens is 155 g/mol. The molecule has 1 heteroatoms. The molecule has 0 aliphatic rings. The molecule has 2 aromatic carbocycles. The molecule has 13 heavy (non-hydrogen) atoms. The largest absolute Gasteiger partial charge is 0.148 e. The van der Waals surface area contributed by atoms with E-state index in [0.29, 0.717) is 6.80 Å². The van der Waals surface area contributed by atoms with Crippen molar-refractivity contribution in [3.63, 3.8) is 0 Å². The maximum atomic E-state index is 7.13. The molecule has 2 aromatic rings. The van der Waals surface area contributed by atoms with Gasteiger partial charge in [0.25, 0.3) is 0 Å². The van der Waals surface area contributed by atoms with E-state index in [1.165, 1.54) is 16.3 Å². The zero-order valence-electron chi connectivity index (χ0n) is 8.75. The Morgan fingerprint density at radius 1 is 1.08 bits per heavy atom. The second-order valence-electron chi connectivity index (χ2n) is 3.31. The first-order valence-corrected chi connectivity index (χ1v) is 4.42. The topological polar surface area (TPSA) is 0 Å². The molecule has 0 spiro atoms. The third kappa shape index (κ3) is 1.60. The van der Waals surface area contributed by atoms with Crippen molar-refractivity contribution in [3.05, 3.63) is 42.0 Å². The summed E-state index contributed by atoms with van der Waals surface area (Å²) in [6, 6.07) is 12.7. The highest BCUT2D eigenvalue weighted by molar-refractivity contribution is 6.52. The van der Waals surface area contributed by atoms with E-state index in [0.717, 1.165) is 5.46 Å². The Morgan fingerprint density at radius 2 is 1.92 bits per heavy atom. The highest BCUT2D eigenvalue weighted by atomic mass is 14.0. The lowest BCUT2D eigenvalue weighted by Crippen LogP contribution is -2.08. The van der Waals surface area contributed by atoms with Crippen LogP contribution < -0.4 is 5.46 Å². The Bertz CT molecular complexity index is 451. The van der Waals surface area contributed by atoms with Crippen molar-refractivity contribution in [1.82, 2.24) is 0 Å². The molecule has 0 bridgehead atoms. The van der Waals surface area contributed by atoms with Gasteiger partial charge >= 0.3 is 0 Å². The predicted molar refractivity (Wildman–Crippen MR) is 59.9 cm³/mol. The van der Waals surface area contributed by atoms with Crippen LogP contribution >= 0.6 is 0 Å². The van der Waals surface area contributed by atoms with Crippen molar-refractivity contribution in [2.24, 2.45) is 0 Å². The first kappa shape index (κ1) is 7.20. The fraction of sp³-hybridized carbons (Fsp3) is 0.167. The second kappa shape index (κ2) is 3.25. The fourth-order valence-electron chi connectivity index (χ4n) is 1.51. The molecule has 0 atom stereocenters. The predicted octanol–water partition coefficient (Wildman–Crippen LogP) is 2.53. The summed E-state index contributed by atoms with van der Waals surface area (Å²) in [4.78, 5) is 0. The average Bonchev–Trinajstić information content (AvgIpc) is 2.17. The van der Waals surface area contributed by atoms with Gasteiger partial charge in [0.15, 0.2) is 0 Å². The van der Waals surface area contributed by atoms with Gasteiger partial charge in [-0.1, -0.05) is 54.2 Å². The lowest BCUT2D eigenvalue weighted by molar-refractivity contribution is 1.51. The van der Waals surface area contributed by atoms with Gasteiger partial charge < -0.3 is 0 Å². The molecule has 0 aliphatic carbocycles. The number of aryl methyl sites for hydroxylation is 1. The molecule has 0 saturated carbocycles. The van der Waals surface area contributed by atoms with Crippen LogP contribution in [0.2, 0.25) is 6.80 Å². The summed E-state index contributed by atoms with van der Waals surface area (Å²) in [5, 5.41) is 2.52. The highest BCUT2D eigenvalue weighted by Crippen LogP contribution is 2.13. The van der Waals surface area contributed by atoms with Gasteiger partial charge in [-0.05, 0) is 17.7 Å². The van der Waals surface area contributed by atoms with E-state index in [2.05, 4.69) is 43.3 Å². The maximum absolute atomic E-state index is 7.13. The number of hydrogen-bond acceptors (Lipinski definition) is 0. The van der Waals surface area contributed by atoms with E-state index >= 15 is 0 Å². The zero-order chi connectivity index (χ0) is 9.97. The van der Waals surface area contributed by atoms with Crippen LogP contribution in [-0.4, -0.2) is 7.28 Å². The molecule has 0 saturated heterocycles. The Hall–Kier alpha value is -1.24. The summed E-state index contributed by atoms with van der Waals surface area (Å²) >= 11 is 0. The monoisotopic (exact) mass is 168 g/mol. The molecule has 0 heterocycles. The molecule has 0 nitrogen and oxygen atoms in total. The van der Waals surface area contributed by atoms with Gasteiger partial charge in [0.2, 0.25) is 0 Å². The summed E-state index contributed by atoms with van der Waals surface area (Å²) in [6.45, 7) is 2.44. The first-order valence-electron chi connectivity index (χ1n) is 5.13. The summed E-state index contributed by atoms with van der Waals surface area (Å²) in [5.74, 6) is 0. The van der Waals surface area contributed by atoms with Gasteiger partial charge in [-0.2, -0.15) is 0 Å². The Kier molecular flexibility index (Phi) is 1.80. The van der Waals surface area contributed by atoms with Crippen LogP contribution in [-0.2, 0) is 0 Å². The van der Waals surface area contributed by atoms with Crippen LogP contribution in [0.3, 0.4) is 0 Å². The SMILES string of the molecule is [2H]C[B]c1ccc2ccc(C)cc2c1. The molecular formula is C12H12B. The minimum absolute atomic E-state index is 0.345. The van der Waals surface area contributed by atoms with Crippen LogP contribution in [0, 0.1) is 6.92 Å². The van der Waals surface area contributed by atoms with Crippen molar-refractivity contribution in [3.8, 4) is 0 Å². The van der Waals surface area contributed by atoms with E-state index in [1.54, 1.807) is 0 Å². The van der Waals surface area contributed by atoms with E-state index in [9.17, 15) is 0 Å². The minimum Gasteiger partial charge on any atom is -0.0875 e. The molecule has 0 N–H and O–H groups in total. The summed E-state index contributed by atoms with van der Waals surface area (Å²) in [6.07, 6.45) is 0. The zero-order valence-corrected chi connectivity index (χ0v) is 7.75. The van der Waals surface area contributed by atoms with Crippen molar-refractivity contribution < 1.29 is 1.37 Å². The Morgan fingerprint density at radius 3 is 2.77 bits per heavy atom. The van der Waals surface area contributed by atoms with Gasteiger partial charge in [-0.3, -0.25) is 0 Å². The number of rotatable bonds is 1. The van der Waals surface area contributed by atoms with Gasteiger partial charge in [0, 0.05) is 1.37 Å². The van der Waals surface area contributed by atoms with Gasteiger partial charge in [-0.15, -0.1) is 0 Å². The molecule has 1 radical (unpaired) electrons. The molecule has 0 fully saturated rings. The standard InChI is InChI=1S/C12H12B/c1-9-3-4-10-5-6-12(13-2)8-11(10)7-9/h3-8H,1-2H3/i2D. The van der Waals surface area contributed by atoms with E-state index in [4.69, 9.17) is 1.37 Å². The van der Waals surface area contributed by atoms with Gasteiger partial charge in [0.1, 0.15) is 7.28 Å². The molecule has 0 unspecified atom stereocenters. The van der Waals surface area contributed by atoms with Crippen LogP contribution in [0.25, 0.3) is 10.8 Å². The summed E-state index contributed by atoms with van der Waals surface area (Å²) < 4.78 is 7.13. The third-order valence-corrected chi connectivity index (χ3v) is 2.26. The second-order valence-corrected chi connectivity index (χ2v) is 3.31. The van der Waals surface area contributed by atoms with Crippen molar-refractivity contribution in [2.75, 3.05) is 0 Å². The molecule has 0 aliphatic heterocycles. The Labute approximate surface area is 81.2 Å². The van der Waals surface area contributed by atoms with E-state index < -0.39 is 0 Å². The number of hydrogen-bond donors (Lipinski definition) is 0. The van der Waals surface area contributed by atoms with E-state index in [1.807, 2.05) is 7.28 Å². The number of benzene rings is 2. The normalized spacial score (nSPS) is 11.3. The maximum Gasteiger partial charge on any atom is 0.148 e. The molecule has 2 rings (SSSR count). The van der Waals surface area contributed by atoms with Gasteiger partial charge in [-0.25, -0.2) is 0 Å². The first-order chi connectivity index (χ1) is 6.79. The Balaban J connectivity index is 2.52. The van der Waals surface area contributed by atoms with Crippen molar-refractivity contribution in [2.45, 2.75) is 13.7 Å². The quantitative estimate of drug-likeness (QED) is 0.574. The highest BCUT2D eigenvalue weighted by Gasteiger charge is 1.95. The van der Waals surface area contributed by atoms with Crippen LogP contribution in [0.5, 0.6) is 0 Å². The molecule has 0 amide bonds. The third-order valence-electron chi connectivity index (χ3n) is 2.26. The van der Waals surface area contributed by atoms with Crippen LogP contribution in [0.1, 0.15) is 6.93 Å². The van der Waals surface area contributed by atoms with E-state index in [-0.39, 0.29) is 0 Å². The van der Waals surface area contributed by atoms with Gasteiger partial charge in [0.05, 0.1) is 0 Å². The van der Waals surface area contributed by atoms with Crippen molar-refractivity contribution >= 4 is 23.5 Å². The van der Waals surface area contributed by atoms with Crippen molar-refractivity contribution in [1.29, 1.82) is 0 Å². The molecule has 0 aromatic heterocycles. The summed E-state index contributed by atoms with van der Waals surface area (Å²) in [5.41, 5.74) is 2.42. The smallest absolute Gasteiger partial charge is 0.0875 e. The van der Waals surface area contributed by atoms with Crippen LogP contribution in [0.15, 0.2) is 36.4 Å². The summed E-state index contributed by atoms with van der Waals surface area (Å²) in [7, 11) is 1.92. The lowest BCUT2D eigenvalue weighted by Gasteiger charge is -2.01. The average molecular weight is 168 g/mol. The minimum atomic E-state index is 0.345. The van der Waals surface area contributed by atoms with Crippen LogP contribution in [0.4, 0.5) is 0 Å². The number of fused-ring (bicyclic) bond motifs is 1. The molecule has 63 valence electrons. The lowest BCUT2D eigenvalue weighted by atomic mass is 9.73. The fourth-order valence-corrected chi connectivity index (χ4v) is 1.51.